The third kappa shape index (κ3) is 2.44. The molecule has 5 nitrogen and oxygen atoms in total. The highest BCUT2D eigenvalue weighted by Crippen LogP contribution is 2.28. The highest BCUT2D eigenvalue weighted by molar-refractivity contribution is 5.30. The molecule has 2 unspecified atom stereocenters. The summed E-state index contributed by atoms with van der Waals surface area (Å²) in [6.45, 7) is 5.46. The molecular weight excluding hydrogens is 252 g/mol. The first kappa shape index (κ1) is 13.9. The minimum Gasteiger partial charge on any atom is -0.481 e. The Balaban J connectivity index is 1.65. The Morgan fingerprint density at radius 2 is 2.15 bits per heavy atom. The summed E-state index contributed by atoms with van der Waals surface area (Å²) in [7, 11) is 3.66. The van der Waals surface area contributed by atoms with Gasteiger partial charge < -0.3 is 10.1 Å². The molecule has 112 valence electrons. The van der Waals surface area contributed by atoms with Gasteiger partial charge in [0, 0.05) is 32.2 Å². The van der Waals surface area contributed by atoms with Gasteiger partial charge in [-0.2, -0.15) is 5.10 Å². The number of nitrogens with one attached hydrogen (secondary N) is 1. The fourth-order valence-electron chi connectivity index (χ4n) is 3.86. The molecule has 1 aromatic heterocycles. The maximum atomic E-state index is 5.47. The Labute approximate surface area is 121 Å². The predicted molar refractivity (Wildman–Crippen MR) is 79.0 cm³/mol. The fraction of sp³-hybridized carbons (Fsp3) is 0.800. The van der Waals surface area contributed by atoms with Crippen LogP contribution in [0, 0.1) is 6.92 Å². The first-order valence-corrected chi connectivity index (χ1v) is 7.74. The molecule has 3 rings (SSSR count). The monoisotopic (exact) mass is 278 g/mol. The first-order chi connectivity index (χ1) is 9.70. The molecule has 0 spiro atoms. The minimum absolute atomic E-state index is 0.625. The van der Waals surface area contributed by atoms with E-state index in [9.17, 15) is 0 Å². The van der Waals surface area contributed by atoms with Crippen molar-refractivity contribution >= 4 is 0 Å². The summed E-state index contributed by atoms with van der Waals surface area (Å²) < 4.78 is 7.30. The van der Waals surface area contributed by atoms with E-state index in [1.165, 1.54) is 44.3 Å². The normalized spacial score (nSPS) is 26.8. The average Bonchev–Trinajstić information content (AvgIpc) is 2.97. The molecule has 20 heavy (non-hydrogen) atoms. The van der Waals surface area contributed by atoms with Gasteiger partial charge in [0.1, 0.15) is 0 Å². The van der Waals surface area contributed by atoms with Crippen LogP contribution in [0.5, 0.6) is 5.88 Å². The van der Waals surface area contributed by atoms with Crippen molar-refractivity contribution in [3.63, 3.8) is 0 Å². The Bertz CT molecular complexity index is 471. The van der Waals surface area contributed by atoms with Gasteiger partial charge in [0.2, 0.25) is 5.88 Å². The van der Waals surface area contributed by atoms with E-state index in [2.05, 4.69) is 22.2 Å². The van der Waals surface area contributed by atoms with Crippen molar-refractivity contribution in [2.75, 3.05) is 20.2 Å². The number of ether oxygens (including phenoxy) is 1. The van der Waals surface area contributed by atoms with Crippen LogP contribution in [0.15, 0.2) is 0 Å². The van der Waals surface area contributed by atoms with Crippen molar-refractivity contribution in [2.45, 2.75) is 51.2 Å². The van der Waals surface area contributed by atoms with E-state index in [-0.39, 0.29) is 0 Å². The smallest absolute Gasteiger partial charge is 0.216 e. The third-order valence-corrected chi connectivity index (χ3v) is 4.88. The van der Waals surface area contributed by atoms with E-state index in [1.54, 1.807) is 7.11 Å². The molecule has 1 aromatic rings. The zero-order valence-corrected chi connectivity index (χ0v) is 12.9. The average molecular weight is 278 g/mol. The van der Waals surface area contributed by atoms with E-state index >= 15 is 0 Å². The molecule has 0 saturated carbocycles. The topological polar surface area (TPSA) is 42.3 Å². The molecule has 0 amide bonds. The summed E-state index contributed by atoms with van der Waals surface area (Å²) in [4.78, 5) is 2.66. The zero-order valence-electron chi connectivity index (χ0n) is 12.9. The van der Waals surface area contributed by atoms with Crippen LogP contribution in [0.25, 0.3) is 0 Å². The number of aryl methyl sites for hydroxylation is 2. The second kappa shape index (κ2) is 5.74. The fourth-order valence-corrected chi connectivity index (χ4v) is 3.86. The van der Waals surface area contributed by atoms with Gasteiger partial charge in [-0.1, -0.05) is 6.42 Å². The number of rotatable bonds is 4. The van der Waals surface area contributed by atoms with E-state index in [4.69, 9.17) is 4.74 Å². The van der Waals surface area contributed by atoms with Crippen molar-refractivity contribution in [2.24, 2.45) is 7.05 Å². The largest absolute Gasteiger partial charge is 0.481 e. The molecule has 5 heteroatoms. The third-order valence-electron chi connectivity index (χ3n) is 4.88. The lowest BCUT2D eigenvalue weighted by atomic mass is 9.99. The van der Waals surface area contributed by atoms with Crippen LogP contribution < -0.4 is 10.1 Å². The highest BCUT2D eigenvalue weighted by Gasteiger charge is 2.35. The Morgan fingerprint density at radius 3 is 2.95 bits per heavy atom. The van der Waals surface area contributed by atoms with Crippen LogP contribution in [0.1, 0.15) is 36.9 Å². The molecule has 1 N–H and O–H groups in total. The van der Waals surface area contributed by atoms with E-state index in [1.807, 2.05) is 11.7 Å². The quantitative estimate of drug-likeness (QED) is 0.905. The van der Waals surface area contributed by atoms with E-state index in [0.717, 1.165) is 24.2 Å². The first-order valence-electron chi connectivity index (χ1n) is 7.74. The van der Waals surface area contributed by atoms with Gasteiger partial charge >= 0.3 is 0 Å². The lowest BCUT2D eigenvalue weighted by Gasteiger charge is -2.32. The second-order valence-corrected chi connectivity index (χ2v) is 6.07. The zero-order chi connectivity index (χ0) is 14.1. The predicted octanol–water partition coefficient (Wildman–Crippen LogP) is 1.45. The van der Waals surface area contributed by atoms with Crippen molar-refractivity contribution in [1.82, 2.24) is 20.0 Å². The van der Waals surface area contributed by atoms with Gasteiger partial charge in [0.25, 0.3) is 0 Å². The molecule has 0 aromatic carbocycles. The molecule has 2 saturated heterocycles. The van der Waals surface area contributed by atoms with Gasteiger partial charge in [-0.05, 0) is 32.7 Å². The maximum absolute atomic E-state index is 5.47. The van der Waals surface area contributed by atoms with E-state index < -0.39 is 0 Å². The van der Waals surface area contributed by atoms with Gasteiger partial charge in [0.05, 0.1) is 18.4 Å². The SMILES string of the molecule is COc1c(CNC2CCN3CCCCC23)c(C)nn1C. The number of aromatic nitrogens is 2. The van der Waals surface area contributed by atoms with Crippen LogP contribution in [0.4, 0.5) is 0 Å². The van der Waals surface area contributed by atoms with Crippen LogP contribution in [0.3, 0.4) is 0 Å². The standard InChI is InChI=1S/C15H26N4O/c1-11-12(15(20-3)18(2)17-11)10-16-13-7-9-19-8-5-4-6-14(13)19/h13-14,16H,4-10H2,1-3H3. The number of hydrogen-bond acceptors (Lipinski definition) is 4. The molecule has 2 atom stereocenters. The molecule has 2 aliphatic rings. The molecule has 0 bridgehead atoms. The molecule has 0 radical (unpaired) electrons. The summed E-state index contributed by atoms with van der Waals surface area (Å²) in [5.74, 6) is 0.883. The van der Waals surface area contributed by atoms with Gasteiger partial charge in [-0.25, -0.2) is 4.68 Å². The second-order valence-electron chi connectivity index (χ2n) is 6.07. The van der Waals surface area contributed by atoms with Crippen molar-refractivity contribution in [3.8, 4) is 5.88 Å². The Morgan fingerprint density at radius 1 is 1.30 bits per heavy atom. The number of hydrogen-bond donors (Lipinski definition) is 1. The van der Waals surface area contributed by atoms with Crippen molar-refractivity contribution < 1.29 is 4.74 Å². The molecule has 2 fully saturated rings. The molecule has 2 aliphatic heterocycles. The minimum atomic E-state index is 0.625. The number of fused-ring (bicyclic) bond motifs is 1. The highest BCUT2D eigenvalue weighted by atomic mass is 16.5. The summed E-state index contributed by atoms with van der Waals surface area (Å²) in [5.41, 5.74) is 2.26. The molecule has 0 aliphatic carbocycles. The van der Waals surface area contributed by atoms with Crippen LogP contribution in [0.2, 0.25) is 0 Å². The molecular formula is C15H26N4O. The van der Waals surface area contributed by atoms with E-state index in [0.29, 0.717) is 6.04 Å². The Hall–Kier alpha value is -1.07. The van der Waals surface area contributed by atoms with Crippen molar-refractivity contribution in [3.05, 3.63) is 11.3 Å². The maximum Gasteiger partial charge on any atom is 0.216 e. The lowest BCUT2D eigenvalue weighted by Crippen LogP contribution is -2.44. The van der Waals surface area contributed by atoms with Gasteiger partial charge in [-0.3, -0.25) is 4.90 Å². The van der Waals surface area contributed by atoms with Crippen molar-refractivity contribution in [1.29, 1.82) is 0 Å². The summed E-state index contributed by atoms with van der Waals surface area (Å²) >= 11 is 0. The lowest BCUT2D eigenvalue weighted by molar-refractivity contribution is 0.180. The van der Waals surface area contributed by atoms with Gasteiger partial charge in [-0.15, -0.1) is 0 Å². The number of methoxy groups -OCH3 is 1. The summed E-state index contributed by atoms with van der Waals surface area (Å²) in [6.07, 6.45) is 5.38. The molecule has 3 heterocycles. The Kier molecular flexibility index (Phi) is 3.98. The van der Waals surface area contributed by atoms with Crippen LogP contribution in [-0.2, 0) is 13.6 Å². The van der Waals surface area contributed by atoms with Crippen LogP contribution in [-0.4, -0.2) is 47.0 Å². The number of nitrogens with zero attached hydrogens (tertiary/aromatic N) is 3. The number of piperidine rings is 1. The van der Waals surface area contributed by atoms with Crippen LogP contribution >= 0.6 is 0 Å². The summed E-state index contributed by atoms with van der Waals surface area (Å²) in [5, 5.41) is 8.20. The van der Waals surface area contributed by atoms with Gasteiger partial charge in [0.15, 0.2) is 0 Å². The summed E-state index contributed by atoms with van der Waals surface area (Å²) in [6, 6.07) is 1.37.